The Hall–Kier alpha value is -1.01. The third-order valence-electron chi connectivity index (χ3n) is 2.40. The van der Waals surface area contributed by atoms with Gasteiger partial charge in [-0.3, -0.25) is 4.79 Å². The monoisotopic (exact) mass is 181 g/mol. The fraction of sp³-hybridized carbons (Fsp3) is 0.700. The summed E-state index contributed by atoms with van der Waals surface area (Å²) in [7, 11) is 1.73. The topological polar surface area (TPSA) is 29.5 Å². The molecule has 1 aliphatic heterocycles. The molecule has 0 bridgehead atoms. The van der Waals surface area contributed by atoms with Crippen molar-refractivity contribution in [2.24, 2.45) is 5.92 Å². The number of carbonyl (C=O) groups excluding carboxylic acids is 1. The molecule has 0 radical (unpaired) electrons. The zero-order valence-electron chi connectivity index (χ0n) is 8.12. The number of hydrogen-bond donors (Lipinski definition) is 0. The Balaban J connectivity index is 2.52. The molecule has 3 heteroatoms. The van der Waals surface area contributed by atoms with Crippen LogP contribution in [0.2, 0.25) is 0 Å². The minimum Gasteiger partial charge on any atom is -0.378 e. The number of terminal acetylenes is 1. The minimum absolute atomic E-state index is 0.00153. The van der Waals surface area contributed by atoms with Gasteiger partial charge in [-0.15, -0.1) is 6.42 Å². The first-order valence-electron chi connectivity index (χ1n) is 4.47. The van der Waals surface area contributed by atoms with E-state index in [4.69, 9.17) is 11.2 Å². The molecule has 1 saturated heterocycles. The average molecular weight is 181 g/mol. The third-order valence-corrected chi connectivity index (χ3v) is 2.40. The van der Waals surface area contributed by atoms with Crippen LogP contribution in [0, 0.1) is 18.3 Å². The van der Waals surface area contributed by atoms with Gasteiger partial charge in [-0.05, 0) is 13.3 Å². The summed E-state index contributed by atoms with van der Waals surface area (Å²) in [4.78, 5) is 13.3. The van der Waals surface area contributed by atoms with Gasteiger partial charge in [0.15, 0.2) is 0 Å². The smallest absolute Gasteiger partial charge is 0.228 e. The second kappa shape index (κ2) is 4.29. The molecule has 0 aliphatic carbocycles. The van der Waals surface area contributed by atoms with Crippen LogP contribution in [0.4, 0.5) is 0 Å². The predicted molar refractivity (Wildman–Crippen MR) is 50.0 cm³/mol. The van der Waals surface area contributed by atoms with Crippen molar-refractivity contribution < 1.29 is 9.53 Å². The van der Waals surface area contributed by atoms with Crippen LogP contribution in [0.25, 0.3) is 0 Å². The van der Waals surface area contributed by atoms with Crippen LogP contribution < -0.4 is 0 Å². The average Bonchev–Trinajstić information content (AvgIpc) is 2.50. The van der Waals surface area contributed by atoms with Crippen LogP contribution in [0.5, 0.6) is 0 Å². The van der Waals surface area contributed by atoms with Gasteiger partial charge in [0.2, 0.25) is 5.91 Å². The molecule has 0 N–H and O–H groups in total. The molecule has 2 atom stereocenters. The van der Waals surface area contributed by atoms with Gasteiger partial charge in [0, 0.05) is 13.7 Å². The Kier molecular flexibility index (Phi) is 3.32. The summed E-state index contributed by atoms with van der Waals surface area (Å²) in [6.07, 6.45) is 5.97. The quantitative estimate of drug-likeness (QED) is 0.581. The summed E-state index contributed by atoms with van der Waals surface area (Å²) in [5.41, 5.74) is 0. The lowest BCUT2D eigenvalue weighted by atomic mass is 10.0. The Labute approximate surface area is 79.1 Å². The number of ether oxygens (including phenoxy) is 1. The number of rotatable bonds is 2. The molecule has 0 saturated carbocycles. The summed E-state index contributed by atoms with van der Waals surface area (Å²) < 4.78 is 5.32. The van der Waals surface area contributed by atoms with E-state index in [0.717, 1.165) is 6.42 Å². The van der Waals surface area contributed by atoms with E-state index in [2.05, 4.69) is 5.92 Å². The summed E-state index contributed by atoms with van der Waals surface area (Å²) in [6, 6.07) is 0. The fourth-order valence-corrected chi connectivity index (χ4v) is 1.55. The molecule has 1 heterocycles. The van der Waals surface area contributed by atoms with E-state index in [9.17, 15) is 4.79 Å². The molecule has 0 spiro atoms. The predicted octanol–water partition coefficient (Wildman–Crippen LogP) is 0.503. The first kappa shape index (κ1) is 10.1. The van der Waals surface area contributed by atoms with E-state index in [1.807, 2.05) is 6.92 Å². The molecule has 1 aliphatic rings. The van der Waals surface area contributed by atoms with E-state index < -0.39 is 0 Å². The third kappa shape index (κ3) is 2.22. The number of amides is 1. The van der Waals surface area contributed by atoms with Gasteiger partial charge < -0.3 is 9.64 Å². The Morgan fingerprint density at radius 2 is 2.46 bits per heavy atom. The largest absolute Gasteiger partial charge is 0.378 e. The number of carbonyl (C=O) groups is 1. The van der Waals surface area contributed by atoms with Crippen molar-refractivity contribution in [3.63, 3.8) is 0 Å². The lowest BCUT2D eigenvalue weighted by molar-refractivity contribution is -0.135. The van der Waals surface area contributed by atoms with Crippen LogP contribution in [0.3, 0.4) is 0 Å². The van der Waals surface area contributed by atoms with E-state index >= 15 is 0 Å². The zero-order chi connectivity index (χ0) is 9.84. The van der Waals surface area contributed by atoms with E-state index in [1.54, 1.807) is 11.9 Å². The van der Waals surface area contributed by atoms with Crippen LogP contribution in [0.15, 0.2) is 0 Å². The Morgan fingerprint density at radius 3 is 2.92 bits per heavy atom. The first-order valence-corrected chi connectivity index (χ1v) is 4.47. The molecular weight excluding hydrogens is 166 g/mol. The highest BCUT2D eigenvalue weighted by Gasteiger charge is 2.32. The van der Waals surface area contributed by atoms with Crippen LogP contribution >= 0.6 is 0 Å². The molecule has 0 aromatic heterocycles. The molecule has 0 aromatic carbocycles. The van der Waals surface area contributed by atoms with Crippen molar-refractivity contribution >= 4 is 5.91 Å². The van der Waals surface area contributed by atoms with Crippen LogP contribution in [-0.4, -0.2) is 37.1 Å². The van der Waals surface area contributed by atoms with Crippen molar-refractivity contribution in [2.75, 3.05) is 20.2 Å². The van der Waals surface area contributed by atoms with E-state index in [0.29, 0.717) is 13.2 Å². The van der Waals surface area contributed by atoms with Gasteiger partial charge in [0.1, 0.15) is 0 Å². The molecule has 3 nitrogen and oxygen atoms in total. The lowest BCUT2D eigenvalue weighted by Crippen LogP contribution is -2.36. The van der Waals surface area contributed by atoms with Gasteiger partial charge in [-0.1, -0.05) is 5.92 Å². The van der Waals surface area contributed by atoms with Crippen LogP contribution in [-0.2, 0) is 9.53 Å². The SMILES string of the molecule is C#CCN(C)C(=O)C1CCOC1C. The maximum absolute atomic E-state index is 11.7. The standard InChI is InChI=1S/C10H15NO2/c1-4-6-11(3)10(12)9-5-7-13-8(9)2/h1,8-9H,5-7H2,2-3H3. The second-order valence-electron chi connectivity index (χ2n) is 3.37. The molecule has 72 valence electrons. The molecule has 0 aromatic rings. The molecule has 1 rings (SSSR count). The van der Waals surface area contributed by atoms with Crippen molar-refractivity contribution in [3.05, 3.63) is 0 Å². The van der Waals surface area contributed by atoms with Crippen molar-refractivity contribution in [3.8, 4) is 12.3 Å². The molecule has 1 amide bonds. The Bertz CT molecular complexity index is 232. The lowest BCUT2D eigenvalue weighted by Gasteiger charge is -2.20. The second-order valence-corrected chi connectivity index (χ2v) is 3.37. The fourth-order valence-electron chi connectivity index (χ4n) is 1.55. The molecule has 13 heavy (non-hydrogen) atoms. The highest BCUT2D eigenvalue weighted by atomic mass is 16.5. The van der Waals surface area contributed by atoms with Gasteiger partial charge in [-0.25, -0.2) is 0 Å². The van der Waals surface area contributed by atoms with E-state index in [-0.39, 0.29) is 17.9 Å². The van der Waals surface area contributed by atoms with Gasteiger partial charge in [-0.2, -0.15) is 0 Å². The van der Waals surface area contributed by atoms with Crippen molar-refractivity contribution in [2.45, 2.75) is 19.4 Å². The normalized spacial score (nSPS) is 26.8. The van der Waals surface area contributed by atoms with E-state index in [1.165, 1.54) is 0 Å². The molecule has 2 unspecified atom stereocenters. The van der Waals surface area contributed by atoms with Gasteiger partial charge in [0.05, 0.1) is 18.6 Å². The number of nitrogens with zero attached hydrogens (tertiary/aromatic N) is 1. The zero-order valence-corrected chi connectivity index (χ0v) is 8.12. The van der Waals surface area contributed by atoms with Gasteiger partial charge in [0.25, 0.3) is 0 Å². The summed E-state index contributed by atoms with van der Waals surface area (Å²) in [6.45, 7) is 2.99. The minimum atomic E-state index is -0.00153. The first-order chi connectivity index (χ1) is 6.16. The molecule has 1 fully saturated rings. The van der Waals surface area contributed by atoms with Crippen molar-refractivity contribution in [1.82, 2.24) is 4.90 Å². The maximum Gasteiger partial charge on any atom is 0.228 e. The summed E-state index contributed by atoms with van der Waals surface area (Å²) in [5.74, 6) is 2.55. The van der Waals surface area contributed by atoms with Crippen LogP contribution in [0.1, 0.15) is 13.3 Å². The van der Waals surface area contributed by atoms with Crippen molar-refractivity contribution in [1.29, 1.82) is 0 Å². The maximum atomic E-state index is 11.7. The molecular formula is C10H15NO2. The highest BCUT2D eigenvalue weighted by molar-refractivity contribution is 5.79. The Morgan fingerprint density at radius 1 is 1.77 bits per heavy atom. The summed E-state index contributed by atoms with van der Waals surface area (Å²) in [5, 5.41) is 0. The number of hydrogen-bond acceptors (Lipinski definition) is 2. The highest BCUT2D eigenvalue weighted by Crippen LogP contribution is 2.21. The van der Waals surface area contributed by atoms with Gasteiger partial charge >= 0.3 is 0 Å². The summed E-state index contributed by atoms with van der Waals surface area (Å²) >= 11 is 0.